The number of carbonyl (C=O) groups excluding carboxylic acids is 1. The molecule has 2 rings (SSSR count). The Morgan fingerprint density at radius 3 is 2.95 bits per heavy atom. The summed E-state index contributed by atoms with van der Waals surface area (Å²) in [4.78, 5) is 25.2. The Morgan fingerprint density at radius 2 is 2.33 bits per heavy atom. The van der Waals surface area contributed by atoms with E-state index in [0.717, 1.165) is 23.9 Å². The van der Waals surface area contributed by atoms with Gasteiger partial charge >= 0.3 is 5.69 Å². The maximum absolute atomic E-state index is 13.1. The number of halogens is 1. The molecule has 0 unspecified atom stereocenters. The van der Waals surface area contributed by atoms with E-state index in [1.165, 1.54) is 6.07 Å². The second-order valence-corrected chi connectivity index (χ2v) is 4.71. The molecule has 0 spiro atoms. The molecular weight excluding hydrogens is 303 g/mol. The summed E-state index contributed by atoms with van der Waals surface area (Å²) in [7, 11) is 0. The van der Waals surface area contributed by atoms with E-state index in [4.69, 9.17) is 5.73 Å². The number of aromatic nitrogens is 3. The van der Waals surface area contributed by atoms with Gasteiger partial charge in [-0.1, -0.05) is 11.8 Å². The summed E-state index contributed by atoms with van der Waals surface area (Å²) >= 11 is 1.03. The molecule has 0 radical (unpaired) electrons. The van der Waals surface area contributed by atoms with Crippen LogP contribution in [0.2, 0.25) is 0 Å². The van der Waals surface area contributed by atoms with Crippen LogP contribution in [-0.2, 0) is 4.79 Å². The lowest BCUT2D eigenvalue weighted by atomic mass is 10.2. The summed E-state index contributed by atoms with van der Waals surface area (Å²) in [6.07, 6.45) is 0. The van der Waals surface area contributed by atoms with Crippen molar-refractivity contribution < 1.29 is 14.1 Å². The molecule has 0 aliphatic rings. The van der Waals surface area contributed by atoms with Crippen LogP contribution in [0.1, 0.15) is 0 Å². The smallest absolute Gasteiger partial charge is 0.306 e. The number of carbonyl (C=O) groups is 1. The van der Waals surface area contributed by atoms with Gasteiger partial charge in [0, 0.05) is 11.8 Å². The zero-order valence-electron chi connectivity index (χ0n) is 10.4. The van der Waals surface area contributed by atoms with Gasteiger partial charge in [0.25, 0.3) is 0 Å². The van der Waals surface area contributed by atoms with Crippen molar-refractivity contribution in [2.24, 2.45) is 0 Å². The van der Waals surface area contributed by atoms with Gasteiger partial charge in [-0.3, -0.25) is 14.9 Å². The maximum Gasteiger partial charge on any atom is 0.306 e. The highest BCUT2D eigenvalue weighted by Gasteiger charge is 2.15. The molecule has 9 nitrogen and oxygen atoms in total. The van der Waals surface area contributed by atoms with E-state index in [1.807, 2.05) is 0 Å². The summed E-state index contributed by atoms with van der Waals surface area (Å²) in [5.74, 6) is -1.30. The van der Waals surface area contributed by atoms with Crippen LogP contribution in [0.15, 0.2) is 23.4 Å². The number of nitrogen functional groups attached to an aromatic ring is 1. The Labute approximate surface area is 121 Å². The number of thioether (sulfide) groups is 1. The van der Waals surface area contributed by atoms with Crippen LogP contribution in [0, 0.1) is 15.9 Å². The largest absolute Gasteiger partial charge is 0.368 e. The van der Waals surface area contributed by atoms with Gasteiger partial charge in [-0.15, -0.1) is 5.10 Å². The molecule has 0 atom stereocenters. The fourth-order valence-corrected chi connectivity index (χ4v) is 1.99. The van der Waals surface area contributed by atoms with Crippen LogP contribution in [0.5, 0.6) is 0 Å². The first-order chi connectivity index (χ1) is 9.95. The van der Waals surface area contributed by atoms with Gasteiger partial charge in [0.15, 0.2) is 0 Å². The summed E-state index contributed by atoms with van der Waals surface area (Å²) in [6.45, 7) is 0. The fraction of sp³-hybridized carbons (Fsp3) is 0.100. The Kier molecular flexibility index (Phi) is 4.33. The molecular formula is C10H9FN6O3S. The van der Waals surface area contributed by atoms with Gasteiger partial charge < -0.3 is 11.1 Å². The molecule has 0 aliphatic carbocycles. The first-order valence-corrected chi connectivity index (χ1v) is 6.48. The summed E-state index contributed by atoms with van der Waals surface area (Å²) in [6, 6.07) is 3.09. The normalized spacial score (nSPS) is 10.3. The number of anilines is 2. The van der Waals surface area contributed by atoms with E-state index >= 15 is 0 Å². The molecule has 21 heavy (non-hydrogen) atoms. The molecule has 11 heteroatoms. The minimum absolute atomic E-state index is 0.0253. The molecule has 1 aromatic carbocycles. The lowest BCUT2D eigenvalue weighted by molar-refractivity contribution is -0.387. The van der Waals surface area contributed by atoms with Crippen LogP contribution < -0.4 is 11.1 Å². The number of H-pyrrole nitrogens is 1. The zero-order chi connectivity index (χ0) is 15.4. The van der Waals surface area contributed by atoms with E-state index in [0.29, 0.717) is 5.16 Å². The van der Waals surface area contributed by atoms with Gasteiger partial charge in [-0.25, -0.2) is 5.10 Å². The molecule has 0 aliphatic heterocycles. The number of nitrogens with two attached hydrogens (primary N) is 1. The number of hydrogen-bond acceptors (Lipinski definition) is 7. The van der Waals surface area contributed by atoms with E-state index < -0.39 is 22.3 Å². The molecule has 1 aromatic heterocycles. The second kappa shape index (κ2) is 6.17. The van der Waals surface area contributed by atoms with E-state index in [1.54, 1.807) is 0 Å². The number of aromatic amines is 1. The van der Waals surface area contributed by atoms with Crippen LogP contribution in [-0.4, -0.2) is 31.8 Å². The number of benzene rings is 1. The van der Waals surface area contributed by atoms with Crippen molar-refractivity contribution in [2.45, 2.75) is 5.16 Å². The summed E-state index contributed by atoms with van der Waals surface area (Å²) in [5, 5.41) is 19.4. The molecule has 4 N–H and O–H groups in total. The van der Waals surface area contributed by atoms with Crippen LogP contribution >= 0.6 is 11.8 Å². The summed E-state index contributed by atoms with van der Waals surface area (Å²) in [5.41, 5.74) is 4.75. The number of nitrogens with one attached hydrogen (secondary N) is 2. The zero-order valence-corrected chi connectivity index (χ0v) is 11.2. The summed E-state index contributed by atoms with van der Waals surface area (Å²) < 4.78 is 13.1. The van der Waals surface area contributed by atoms with E-state index in [-0.39, 0.29) is 17.4 Å². The topological polar surface area (TPSA) is 140 Å². The van der Waals surface area contributed by atoms with Crippen molar-refractivity contribution in [2.75, 3.05) is 16.8 Å². The van der Waals surface area contributed by atoms with Crippen molar-refractivity contribution in [3.05, 3.63) is 34.1 Å². The lowest BCUT2D eigenvalue weighted by Crippen LogP contribution is -2.14. The third-order valence-corrected chi connectivity index (χ3v) is 3.09. The molecule has 0 saturated carbocycles. The quantitative estimate of drug-likeness (QED) is 0.427. The minimum atomic E-state index is -0.969. The van der Waals surface area contributed by atoms with Gasteiger partial charge in [-0.2, -0.15) is 9.37 Å². The van der Waals surface area contributed by atoms with Crippen molar-refractivity contribution in [3.63, 3.8) is 0 Å². The maximum atomic E-state index is 13.1. The van der Waals surface area contributed by atoms with Crippen molar-refractivity contribution in [3.8, 4) is 0 Å². The number of hydrogen-bond donors (Lipinski definition) is 3. The molecule has 1 heterocycles. The number of nitro groups is 1. The Morgan fingerprint density at radius 1 is 1.57 bits per heavy atom. The van der Waals surface area contributed by atoms with Crippen LogP contribution in [0.25, 0.3) is 0 Å². The van der Waals surface area contributed by atoms with Gasteiger partial charge in [0.05, 0.1) is 10.7 Å². The number of amides is 1. The lowest BCUT2D eigenvalue weighted by Gasteiger charge is -2.04. The Bertz CT molecular complexity index is 691. The average Bonchev–Trinajstić information content (AvgIpc) is 2.84. The Balaban J connectivity index is 1.96. The van der Waals surface area contributed by atoms with Crippen LogP contribution in [0.3, 0.4) is 0 Å². The van der Waals surface area contributed by atoms with Crippen molar-refractivity contribution in [1.29, 1.82) is 0 Å². The molecule has 0 fully saturated rings. The number of rotatable bonds is 5. The van der Waals surface area contributed by atoms with E-state index in [9.17, 15) is 19.3 Å². The van der Waals surface area contributed by atoms with Crippen molar-refractivity contribution >= 4 is 35.0 Å². The molecule has 0 bridgehead atoms. The third-order valence-electron chi connectivity index (χ3n) is 2.24. The number of nitro benzene ring substituents is 1. The average molecular weight is 312 g/mol. The molecule has 0 saturated heterocycles. The fourth-order valence-electron chi connectivity index (χ4n) is 1.38. The van der Waals surface area contributed by atoms with Gasteiger partial charge in [0.1, 0.15) is 0 Å². The van der Waals surface area contributed by atoms with Gasteiger partial charge in [0.2, 0.25) is 22.8 Å². The predicted molar refractivity (Wildman–Crippen MR) is 73.2 cm³/mol. The Hall–Kier alpha value is -2.69. The van der Waals surface area contributed by atoms with Gasteiger partial charge in [-0.05, 0) is 12.1 Å². The van der Waals surface area contributed by atoms with Crippen molar-refractivity contribution in [1.82, 2.24) is 15.2 Å². The first kappa shape index (κ1) is 14.7. The molecule has 110 valence electrons. The first-order valence-electron chi connectivity index (χ1n) is 5.50. The highest BCUT2D eigenvalue weighted by atomic mass is 32.2. The second-order valence-electron chi connectivity index (χ2n) is 3.76. The number of nitrogens with zero attached hydrogens (tertiary/aromatic N) is 3. The highest BCUT2D eigenvalue weighted by Crippen LogP contribution is 2.22. The molecule has 1 amide bonds. The minimum Gasteiger partial charge on any atom is -0.368 e. The standard InChI is InChI=1S/C10H9FN6O3S/c11-6-2-1-5(3-7(6)17(19)20)13-8(18)4-21-10-14-9(12)15-16-10/h1-3H,4H2,(H,13,18)(H3,12,14,15,16). The highest BCUT2D eigenvalue weighted by molar-refractivity contribution is 7.99. The molecule has 2 aromatic rings. The van der Waals surface area contributed by atoms with Crippen LogP contribution in [0.4, 0.5) is 21.7 Å². The monoisotopic (exact) mass is 312 g/mol. The third kappa shape index (κ3) is 3.89. The van der Waals surface area contributed by atoms with E-state index in [2.05, 4.69) is 20.5 Å². The SMILES string of the molecule is Nc1nc(SCC(=O)Nc2ccc(F)c([N+](=O)[O-])c2)n[nH]1. The predicted octanol–water partition coefficient (Wildman–Crippen LogP) is 1.17.